The summed E-state index contributed by atoms with van der Waals surface area (Å²) < 4.78 is 117. The first-order chi connectivity index (χ1) is 14.1. The average molecular weight is 457 g/mol. The largest absolute Gasteiger partial charge is 0.459 e. The lowest BCUT2D eigenvalue weighted by Crippen LogP contribution is -2.52. The summed E-state index contributed by atoms with van der Waals surface area (Å²) in [5, 5.41) is 15.7. The minimum absolute atomic E-state index is 0.0288. The third kappa shape index (κ3) is 5.62. The topological polar surface area (TPSA) is 98.4 Å². The van der Waals surface area contributed by atoms with Crippen LogP contribution < -0.4 is 5.73 Å². The molecular formula is C17H12F9N5. The van der Waals surface area contributed by atoms with E-state index in [-0.39, 0.29) is 11.1 Å². The summed E-state index contributed by atoms with van der Waals surface area (Å²) >= 11 is 0. The van der Waals surface area contributed by atoms with E-state index in [1.54, 1.807) is 0 Å². The van der Waals surface area contributed by atoms with E-state index in [0.717, 1.165) is 24.4 Å². The summed E-state index contributed by atoms with van der Waals surface area (Å²) in [6, 6.07) is 4.34. The Kier molecular flexibility index (Phi) is 7.61. The molecule has 1 aromatic carbocycles. The van der Waals surface area contributed by atoms with Gasteiger partial charge in [0.1, 0.15) is 23.4 Å². The quantitative estimate of drug-likeness (QED) is 0.387. The molecule has 0 fully saturated rings. The Labute approximate surface area is 168 Å². The maximum atomic E-state index is 13.4. The third-order valence-electron chi connectivity index (χ3n) is 3.73. The first kappa shape index (κ1) is 25.7. The number of nitrogens with one attached hydrogen (secondary N) is 1. The lowest BCUT2D eigenvalue weighted by molar-refractivity contribution is -0.253. The van der Waals surface area contributed by atoms with Gasteiger partial charge < -0.3 is 11.1 Å². The lowest BCUT2D eigenvalue weighted by Gasteiger charge is -2.27. The van der Waals surface area contributed by atoms with Crippen molar-refractivity contribution >= 4 is 23.3 Å². The first-order valence-electron chi connectivity index (χ1n) is 7.84. The zero-order valence-corrected chi connectivity index (χ0v) is 15.3. The highest BCUT2D eigenvalue weighted by Crippen LogP contribution is 2.42. The number of benzene rings is 1. The summed E-state index contributed by atoms with van der Waals surface area (Å²) in [5.74, 6) is -12.4. The van der Waals surface area contributed by atoms with Gasteiger partial charge in [-0.05, 0) is 17.7 Å². The molecular weight excluding hydrogens is 445 g/mol. The number of halogens is 9. The van der Waals surface area contributed by atoms with Crippen molar-refractivity contribution in [1.82, 2.24) is 0 Å². The van der Waals surface area contributed by atoms with Gasteiger partial charge in [0, 0.05) is 25.0 Å². The number of nitrogens with zero attached hydrogens (tertiary/aromatic N) is 3. The zero-order chi connectivity index (χ0) is 24.2. The molecule has 14 heteroatoms. The van der Waals surface area contributed by atoms with E-state index in [9.17, 15) is 39.5 Å². The summed E-state index contributed by atoms with van der Waals surface area (Å²) in [5.41, 5.74) is 1.56. The molecule has 0 aliphatic rings. The van der Waals surface area contributed by atoms with E-state index in [2.05, 4.69) is 9.98 Å². The Morgan fingerprint density at radius 3 is 2.16 bits per heavy atom. The predicted molar refractivity (Wildman–Crippen MR) is 93.4 cm³/mol. The number of nitrogens with two attached hydrogens (primary N) is 1. The molecule has 0 saturated carbocycles. The highest BCUT2D eigenvalue weighted by atomic mass is 19.4. The molecule has 0 radical (unpaired) electrons. The van der Waals surface area contributed by atoms with Crippen LogP contribution in [0.25, 0.3) is 5.57 Å². The second-order valence-electron chi connectivity index (χ2n) is 5.73. The van der Waals surface area contributed by atoms with Gasteiger partial charge in [-0.1, -0.05) is 6.07 Å². The third-order valence-corrected chi connectivity index (χ3v) is 3.73. The highest BCUT2D eigenvalue weighted by Gasteiger charge is 2.66. The number of alkyl halides is 8. The van der Waals surface area contributed by atoms with Gasteiger partial charge in [-0.2, -0.15) is 40.4 Å². The van der Waals surface area contributed by atoms with Crippen LogP contribution in [-0.4, -0.2) is 43.1 Å². The molecule has 168 valence electrons. The minimum Gasteiger partial charge on any atom is -0.404 e. The van der Waals surface area contributed by atoms with E-state index >= 15 is 0 Å². The maximum absolute atomic E-state index is 13.4. The van der Waals surface area contributed by atoms with Gasteiger partial charge in [0.15, 0.2) is 5.92 Å². The van der Waals surface area contributed by atoms with Gasteiger partial charge in [-0.25, -0.2) is 9.38 Å². The van der Waals surface area contributed by atoms with Crippen LogP contribution in [0.4, 0.5) is 39.5 Å². The highest BCUT2D eigenvalue weighted by molar-refractivity contribution is 6.17. The Morgan fingerprint density at radius 2 is 1.74 bits per heavy atom. The van der Waals surface area contributed by atoms with E-state index in [1.807, 2.05) is 0 Å². The van der Waals surface area contributed by atoms with E-state index < -0.39 is 47.1 Å². The molecule has 1 unspecified atom stereocenters. The van der Waals surface area contributed by atoms with Crippen molar-refractivity contribution in [2.45, 2.75) is 18.3 Å². The Bertz CT molecular complexity index is 966. The van der Waals surface area contributed by atoms with Gasteiger partial charge in [0.05, 0.1) is 5.56 Å². The van der Waals surface area contributed by atoms with Crippen LogP contribution in [0.3, 0.4) is 0 Å². The zero-order valence-electron chi connectivity index (χ0n) is 15.3. The number of amidine groups is 1. The van der Waals surface area contributed by atoms with Crippen molar-refractivity contribution in [2.24, 2.45) is 21.6 Å². The van der Waals surface area contributed by atoms with Crippen molar-refractivity contribution in [3.63, 3.8) is 0 Å². The number of aliphatic imine (C=N–C) groups is 2. The van der Waals surface area contributed by atoms with Crippen LogP contribution in [0.2, 0.25) is 0 Å². The number of rotatable bonds is 5. The van der Waals surface area contributed by atoms with Crippen LogP contribution in [0.5, 0.6) is 0 Å². The molecule has 0 amide bonds. The number of hydrogen-bond acceptors (Lipinski definition) is 4. The van der Waals surface area contributed by atoms with Crippen LogP contribution in [-0.2, 0) is 0 Å². The Morgan fingerprint density at radius 1 is 1.16 bits per heavy atom. The molecule has 0 aliphatic carbocycles. The van der Waals surface area contributed by atoms with Crippen molar-refractivity contribution in [1.29, 1.82) is 10.7 Å². The normalized spacial score (nSPS) is 15.1. The monoisotopic (exact) mass is 457 g/mol. The smallest absolute Gasteiger partial charge is 0.404 e. The van der Waals surface area contributed by atoms with Gasteiger partial charge in [-0.15, -0.1) is 0 Å². The molecule has 0 spiro atoms. The number of nitriles is 1. The molecule has 3 N–H and O–H groups in total. The average Bonchev–Trinajstić information content (AvgIpc) is 2.66. The van der Waals surface area contributed by atoms with Crippen molar-refractivity contribution in [2.75, 3.05) is 7.05 Å². The molecule has 0 aromatic heterocycles. The maximum Gasteiger partial charge on any atom is 0.459 e. The van der Waals surface area contributed by atoms with Crippen LogP contribution in [0, 0.1) is 28.5 Å². The van der Waals surface area contributed by atoms with Gasteiger partial charge in [0.2, 0.25) is 0 Å². The van der Waals surface area contributed by atoms with Crippen molar-refractivity contribution in [3.05, 3.63) is 41.3 Å². The van der Waals surface area contributed by atoms with Gasteiger partial charge in [-0.3, -0.25) is 4.99 Å². The molecule has 0 saturated heterocycles. The van der Waals surface area contributed by atoms with Crippen LogP contribution in [0.15, 0.2) is 34.4 Å². The SMILES string of the molecule is CN=C(N=CC(=CN)c1ccc(F)c(C#N)c1)C(C(=N)C(F)(F)C(F)(F)F)C(F)(F)F. The summed E-state index contributed by atoms with van der Waals surface area (Å²) in [4.78, 5) is 6.19. The number of allylic oxidation sites excluding steroid dienone is 1. The molecule has 31 heavy (non-hydrogen) atoms. The molecule has 0 bridgehead atoms. The van der Waals surface area contributed by atoms with Gasteiger partial charge >= 0.3 is 18.3 Å². The number of hydrogen-bond donors (Lipinski definition) is 2. The van der Waals surface area contributed by atoms with Crippen LogP contribution in [0.1, 0.15) is 11.1 Å². The molecule has 5 nitrogen and oxygen atoms in total. The summed E-state index contributed by atoms with van der Waals surface area (Å²) in [7, 11) is 0.641. The molecule has 0 heterocycles. The second-order valence-corrected chi connectivity index (χ2v) is 5.73. The van der Waals surface area contributed by atoms with Crippen LogP contribution >= 0.6 is 0 Å². The predicted octanol–water partition coefficient (Wildman–Crippen LogP) is 4.49. The fourth-order valence-electron chi connectivity index (χ4n) is 2.17. The van der Waals surface area contributed by atoms with E-state index in [1.165, 1.54) is 6.07 Å². The molecule has 1 aromatic rings. The summed E-state index contributed by atoms with van der Waals surface area (Å²) in [6.45, 7) is 0. The Hall–Kier alpha value is -3.37. The fraction of sp³-hybridized carbons (Fsp3) is 0.294. The molecule has 0 aliphatic heterocycles. The lowest BCUT2D eigenvalue weighted by atomic mass is 9.95. The molecule has 1 rings (SSSR count). The summed E-state index contributed by atoms with van der Waals surface area (Å²) in [6.07, 6.45) is -10.9. The minimum atomic E-state index is -6.46. The first-order valence-corrected chi connectivity index (χ1v) is 7.84. The van der Waals surface area contributed by atoms with Crippen molar-refractivity contribution < 1.29 is 39.5 Å². The van der Waals surface area contributed by atoms with Gasteiger partial charge in [0.25, 0.3) is 0 Å². The Balaban J connectivity index is 3.44. The van der Waals surface area contributed by atoms with E-state index in [4.69, 9.17) is 16.4 Å². The standard InChI is InChI=1S/C17H12F9N5/c1-30-14(12(16(21,22)23)13(29)15(19,20)17(24,25)26)31-7-10(6-28)8-2-3-11(18)9(4-8)5-27/h2-4,6-7,12,29H,28H2,1H3. The fourth-order valence-corrected chi connectivity index (χ4v) is 2.17. The van der Waals surface area contributed by atoms with E-state index in [0.29, 0.717) is 13.3 Å². The van der Waals surface area contributed by atoms with Crippen molar-refractivity contribution in [3.8, 4) is 6.07 Å². The molecule has 1 atom stereocenters. The second kappa shape index (κ2) is 9.19.